The van der Waals surface area contributed by atoms with E-state index < -0.39 is 15.7 Å². The summed E-state index contributed by atoms with van der Waals surface area (Å²) in [5.41, 5.74) is 0. The molecule has 0 N–H and O–H groups in total. The van der Waals surface area contributed by atoms with Gasteiger partial charge in [0.15, 0.2) is 0 Å². The zero-order chi connectivity index (χ0) is 9.68. The Balaban J connectivity index is 2.59. The number of ether oxygens (including phenoxy) is 1. The first-order valence-electron chi connectivity index (χ1n) is 3.78. The number of Topliss-reactive ketones (excluding diaryl/α,β-unsaturated/α-hetero) is 1. The fraction of sp³-hybridized carbons (Fsp3) is 0.222. The number of rotatable bonds is 4. The third-order valence-electron chi connectivity index (χ3n) is 1.38. The van der Waals surface area contributed by atoms with E-state index in [2.05, 4.69) is 0 Å². The molecule has 0 fully saturated rings. The van der Waals surface area contributed by atoms with Gasteiger partial charge in [-0.05, 0) is 0 Å². The zero-order valence-electron chi connectivity index (χ0n) is 7.19. The quantitative estimate of drug-likeness (QED) is 0.712. The Bertz CT molecular complexity index is 305. The van der Waals surface area contributed by atoms with Crippen molar-refractivity contribution in [2.24, 2.45) is 0 Å². The number of ketones is 1. The van der Waals surface area contributed by atoms with Crippen LogP contribution in [-0.4, -0.2) is 28.1 Å². The van der Waals surface area contributed by atoms with Crippen molar-refractivity contribution < 1.29 is 13.3 Å². The summed E-state index contributed by atoms with van der Waals surface area (Å²) < 4.78 is 16.4. The van der Waals surface area contributed by atoms with Crippen LogP contribution in [0.5, 0.6) is 5.75 Å². The number of hydrogen-bond acceptors (Lipinski definition) is 3. The van der Waals surface area contributed by atoms with Crippen LogP contribution in [0.1, 0.15) is 6.92 Å². The van der Waals surface area contributed by atoms with Crippen LogP contribution in [0, 0.1) is 0 Å². The SMILES string of the molecule is CC(=O)COc1ccc([As]=O)cc1. The standard InChI is InChI=1S/C9H9AsO3/c1-7(11)6-13-9-4-2-8(10-12)3-5-9/h2-5H,6H2,1H3. The number of carbonyl (C=O) groups excluding carboxylic acids is 1. The van der Waals surface area contributed by atoms with Gasteiger partial charge in [0.05, 0.1) is 0 Å². The van der Waals surface area contributed by atoms with E-state index in [9.17, 15) is 8.53 Å². The topological polar surface area (TPSA) is 43.4 Å². The molecule has 0 bridgehead atoms. The van der Waals surface area contributed by atoms with E-state index in [1.165, 1.54) is 6.92 Å². The molecule has 0 aromatic heterocycles. The number of benzene rings is 1. The maximum atomic E-state index is 10.6. The summed E-state index contributed by atoms with van der Waals surface area (Å²) in [5.74, 6) is 0.618. The molecule has 0 amide bonds. The first-order chi connectivity index (χ1) is 6.22. The molecule has 0 aliphatic rings. The molecule has 0 atom stereocenters. The summed E-state index contributed by atoms with van der Waals surface area (Å²) in [6.45, 7) is 1.56. The van der Waals surface area contributed by atoms with Gasteiger partial charge < -0.3 is 0 Å². The molecule has 0 saturated carbocycles. The van der Waals surface area contributed by atoms with Gasteiger partial charge in [0.2, 0.25) is 0 Å². The fourth-order valence-electron chi connectivity index (χ4n) is 0.788. The van der Waals surface area contributed by atoms with E-state index in [4.69, 9.17) is 4.74 Å². The van der Waals surface area contributed by atoms with Gasteiger partial charge in [-0.3, -0.25) is 0 Å². The monoisotopic (exact) mass is 240 g/mol. The number of carbonyl (C=O) groups is 1. The van der Waals surface area contributed by atoms with Crippen molar-refractivity contribution in [2.45, 2.75) is 6.92 Å². The predicted molar refractivity (Wildman–Crippen MR) is 48.7 cm³/mol. The van der Waals surface area contributed by atoms with Crippen molar-refractivity contribution >= 4 is 25.8 Å². The Morgan fingerprint density at radius 1 is 1.38 bits per heavy atom. The summed E-state index contributed by atoms with van der Waals surface area (Å²) in [6.07, 6.45) is 0. The van der Waals surface area contributed by atoms with Gasteiger partial charge in [-0.2, -0.15) is 0 Å². The van der Waals surface area contributed by atoms with E-state index >= 15 is 0 Å². The normalized spacial score (nSPS) is 9.92. The number of hydrogen-bond donors (Lipinski definition) is 0. The van der Waals surface area contributed by atoms with Crippen LogP contribution < -0.4 is 9.09 Å². The second-order valence-corrected chi connectivity index (χ2v) is 4.04. The van der Waals surface area contributed by atoms with Gasteiger partial charge in [0, 0.05) is 0 Å². The van der Waals surface area contributed by atoms with E-state index in [1.54, 1.807) is 24.3 Å². The van der Waals surface area contributed by atoms with Crippen LogP contribution in [0.15, 0.2) is 24.3 Å². The minimum atomic E-state index is -0.970. The Labute approximate surface area is 83.0 Å². The summed E-state index contributed by atoms with van der Waals surface area (Å²) in [6, 6.07) is 6.91. The van der Waals surface area contributed by atoms with Crippen molar-refractivity contribution in [3.8, 4) is 5.75 Å². The van der Waals surface area contributed by atoms with Crippen LogP contribution in [0.3, 0.4) is 0 Å². The molecular formula is C9H9AsO3. The summed E-state index contributed by atoms with van der Waals surface area (Å²) in [7, 11) is 0. The van der Waals surface area contributed by atoms with Crippen LogP contribution in [-0.2, 0) is 8.53 Å². The van der Waals surface area contributed by atoms with E-state index in [0.29, 0.717) is 5.75 Å². The third kappa shape index (κ3) is 3.51. The van der Waals surface area contributed by atoms with Gasteiger partial charge in [-0.15, -0.1) is 0 Å². The Hall–Kier alpha value is -0.952. The van der Waals surface area contributed by atoms with Crippen LogP contribution in [0.4, 0.5) is 0 Å². The molecule has 4 heteroatoms. The molecule has 0 spiro atoms. The van der Waals surface area contributed by atoms with E-state index in [0.717, 1.165) is 4.35 Å². The van der Waals surface area contributed by atoms with Crippen molar-refractivity contribution in [1.29, 1.82) is 0 Å². The fourth-order valence-corrected chi connectivity index (χ4v) is 1.36. The minimum absolute atomic E-state index is 0.0146. The Morgan fingerprint density at radius 2 is 2.00 bits per heavy atom. The molecule has 68 valence electrons. The zero-order valence-corrected chi connectivity index (χ0v) is 9.07. The molecule has 0 radical (unpaired) electrons. The summed E-state index contributed by atoms with van der Waals surface area (Å²) in [5, 5.41) is 0. The molecule has 0 aliphatic heterocycles. The second kappa shape index (κ2) is 4.93. The van der Waals surface area contributed by atoms with Crippen molar-refractivity contribution in [3.63, 3.8) is 0 Å². The third-order valence-corrected chi connectivity index (χ3v) is 2.45. The van der Waals surface area contributed by atoms with Crippen molar-refractivity contribution in [1.82, 2.24) is 0 Å². The molecular weight excluding hydrogens is 231 g/mol. The van der Waals surface area contributed by atoms with Gasteiger partial charge in [-0.25, -0.2) is 0 Å². The van der Waals surface area contributed by atoms with Gasteiger partial charge >= 0.3 is 82.6 Å². The molecule has 0 heterocycles. The van der Waals surface area contributed by atoms with Crippen LogP contribution in [0.2, 0.25) is 0 Å². The van der Waals surface area contributed by atoms with Crippen molar-refractivity contribution in [2.75, 3.05) is 6.61 Å². The first kappa shape index (κ1) is 10.1. The second-order valence-electron chi connectivity index (χ2n) is 2.58. The van der Waals surface area contributed by atoms with Crippen LogP contribution in [0.25, 0.3) is 0 Å². The molecule has 0 aliphatic carbocycles. The molecule has 1 rings (SSSR count). The predicted octanol–water partition coefficient (Wildman–Crippen LogP) is 0.329. The molecule has 1 aromatic rings. The van der Waals surface area contributed by atoms with Gasteiger partial charge in [0.25, 0.3) is 0 Å². The Kier molecular flexibility index (Phi) is 3.84. The first-order valence-corrected chi connectivity index (χ1v) is 5.48. The van der Waals surface area contributed by atoms with Gasteiger partial charge in [-0.1, -0.05) is 0 Å². The summed E-state index contributed by atoms with van der Waals surface area (Å²) >= 11 is -0.970. The van der Waals surface area contributed by atoms with Crippen LogP contribution >= 0.6 is 0 Å². The molecule has 3 nitrogen and oxygen atoms in total. The van der Waals surface area contributed by atoms with E-state index in [1.807, 2.05) is 0 Å². The summed E-state index contributed by atoms with van der Waals surface area (Å²) in [4.78, 5) is 10.6. The van der Waals surface area contributed by atoms with Gasteiger partial charge in [0.1, 0.15) is 0 Å². The van der Waals surface area contributed by atoms with E-state index in [-0.39, 0.29) is 12.4 Å². The molecule has 0 unspecified atom stereocenters. The average Bonchev–Trinajstić information content (AvgIpc) is 2.15. The Morgan fingerprint density at radius 3 is 2.46 bits per heavy atom. The molecule has 1 aromatic carbocycles. The average molecular weight is 240 g/mol. The molecule has 0 saturated heterocycles. The van der Waals surface area contributed by atoms with Crippen molar-refractivity contribution in [3.05, 3.63) is 24.3 Å². The maximum absolute atomic E-state index is 10.6. The molecule has 13 heavy (non-hydrogen) atoms.